The van der Waals surface area contributed by atoms with E-state index in [-0.39, 0.29) is 10.6 Å². The van der Waals surface area contributed by atoms with Gasteiger partial charge < -0.3 is 10.1 Å². The van der Waals surface area contributed by atoms with Crippen LogP contribution >= 0.6 is 11.8 Å². The lowest BCUT2D eigenvalue weighted by Crippen LogP contribution is -1.97. The van der Waals surface area contributed by atoms with Gasteiger partial charge in [0.05, 0.1) is 12.0 Å². The van der Waals surface area contributed by atoms with Gasteiger partial charge in [-0.2, -0.15) is 0 Å². The van der Waals surface area contributed by atoms with Gasteiger partial charge in [0, 0.05) is 23.8 Å². The number of ether oxygens (including phenoxy) is 1. The largest absolute Gasteiger partial charge is 0.496 e. The summed E-state index contributed by atoms with van der Waals surface area (Å²) in [6.07, 6.45) is 0. The molecule has 0 fully saturated rings. The van der Waals surface area contributed by atoms with Gasteiger partial charge in [0.15, 0.2) is 0 Å². The van der Waals surface area contributed by atoms with Crippen molar-refractivity contribution in [2.75, 3.05) is 19.5 Å². The summed E-state index contributed by atoms with van der Waals surface area (Å²) < 4.78 is 5.31. The topological polar surface area (TPSA) is 64.4 Å². The molecule has 0 aromatic heterocycles. The Kier molecular flexibility index (Phi) is 5.05. The van der Waals surface area contributed by atoms with Crippen molar-refractivity contribution in [3.63, 3.8) is 0 Å². The molecule has 0 aliphatic carbocycles. The first kappa shape index (κ1) is 15.2. The zero-order valence-electron chi connectivity index (χ0n) is 11.8. The molecule has 0 heterocycles. The monoisotopic (exact) mass is 304 g/mol. The second kappa shape index (κ2) is 6.99. The zero-order chi connectivity index (χ0) is 15.2. The van der Waals surface area contributed by atoms with E-state index in [1.807, 2.05) is 24.3 Å². The lowest BCUT2D eigenvalue weighted by molar-refractivity contribution is -0.383. The Morgan fingerprint density at radius 3 is 2.71 bits per heavy atom. The molecule has 0 radical (unpaired) electrons. The van der Waals surface area contributed by atoms with Crippen LogP contribution in [-0.4, -0.2) is 19.1 Å². The Balaban J connectivity index is 2.15. The Morgan fingerprint density at radius 2 is 2.05 bits per heavy atom. The SMILES string of the molecule is CNc1cc(CSc2ccccc2OC)ccc1[N+](=O)[O-]. The fourth-order valence-electron chi connectivity index (χ4n) is 1.93. The molecule has 0 saturated heterocycles. The quantitative estimate of drug-likeness (QED) is 0.497. The highest BCUT2D eigenvalue weighted by Crippen LogP contribution is 2.33. The molecular formula is C15H16N2O3S. The molecule has 2 aromatic rings. The van der Waals surface area contributed by atoms with Crippen LogP contribution in [0.1, 0.15) is 5.56 Å². The summed E-state index contributed by atoms with van der Waals surface area (Å²) in [4.78, 5) is 11.6. The first-order valence-electron chi connectivity index (χ1n) is 6.36. The summed E-state index contributed by atoms with van der Waals surface area (Å²) in [7, 11) is 3.32. The van der Waals surface area contributed by atoms with Crippen molar-refractivity contribution >= 4 is 23.1 Å². The number of rotatable bonds is 6. The molecule has 2 aromatic carbocycles. The smallest absolute Gasteiger partial charge is 0.292 e. The van der Waals surface area contributed by atoms with Crippen LogP contribution in [0.25, 0.3) is 0 Å². The Labute approximate surface area is 127 Å². The number of methoxy groups -OCH3 is 1. The number of nitro groups is 1. The fraction of sp³-hybridized carbons (Fsp3) is 0.200. The van der Waals surface area contributed by atoms with E-state index < -0.39 is 0 Å². The van der Waals surface area contributed by atoms with Gasteiger partial charge in [-0.25, -0.2) is 0 Å². The summed E-state index contributed by atoms with van der Waals surface area (Å²) in [5, 5.41) is 13.8. The molecule has 5 nitrogen and oxygen atoms in total. The van der Waals surface area contributed by atoms with Crippen molar-refractivity contribution < 1.29 is 9.66 Å². The van der Waals surface area contributed by atoms with Crippen LogP contribution in [0, 0.1) is 10.1 Å². The van der Waals surface area contributed by atoms with Crippen molar-refractivity contribution in [1.29, 1.82) is 0 Å². The first-order valence-corrected chi connectivity index (χ1v) is 7.35. The number of benzene rings is 2. The van der Waals surface area contributed by atoms with E-state index in [4.69, 9.17) is 4.74 Å². The Bertz CT molecular complexity index is 647. The second-order valence-electron chi connectivity index (χ2n) is 4.30. The highest BCUT2D eigenvalue weighted by Gasteiger charge is 2.13. The van der Waals surface area contributed by atoms with Crippen LogP contribution in [0.4, 0.5) is 11.4 Å². The van der Waals surface area contributed by atoms with Crippen molar-refractivity contribution in [1.82, 2.24) is 0 Å². The van der Waals surface area contributed by atoms with Gasteiger partial charge in [-0.1, -0.05) is 18.2 Å². The normalized spacial score (nSPS) is 10.2. The molecule has 0 unspecified atom stereocenters. The third-order valence-corrected chi connectivity index (χ3v) is 4.12. The minimum Gasteiger partial charge on any atom is -0.496 e. The molecule has 0 saturated carbocycles. The van der Waals surface area contributed by atoms with E-state index in [0.29, 0.717) is 11.4 Å². The predicted molar refractivity (Wildman–Crippen MR) is 85.2 cm³/mol. The van der Waals surface area contributed by atoms with Crippen LogP contribution in [0.3, 0.4) is 0 Å². The number of nitrogens with one attached hydrogen (secondary N) is 1. The average Bonchev–Trinajstić information content (AvgIpc) is 2.52. The van der Waals surface area contributed by atoms with Crippen LogP contribution in [0.2, 0.25) is 0 Å². The molecule has 0 amide bonds. The van der Waals surface area contributed by atoms with Crippen LogP contribution in [0.15, 0.2) is 47.4 Å². The van der Waals surface area contributed by atoms with Crippen LogP contribution in [0.5, 0.6) is 5.75 Å². The maximum absolute atomic E-state index is 10.9. The van der Waals surface area contributed by atoms with Crippen molar-refractivity contribution in [3.05, 3.63) is 58.1 Å². The number of nitro benzene ring substituents is 1. The van der Waals surface area contributed by atoms with E-state index in [2.05, 4.69) is 5.32 Å². The van der Waals surface area contributed by atoms with Gasteiger partial charge in [-0.05, 0) is 23.8 Å². The molecule has 0 spiro atoms. The molecule has 0 aliphatic rings. The summed E-state index contributed by atoms with van der Waals surface area (Å²) in [5.41, 5.74) is 1.63. The van der Waals surface area contributed by atoms with E-state index >= 15 is 0 Å². The van der Waals surface area contributed by atoms with E-state index in [0.717, 1.165) is 16.2 Å². The maximum Gasteiger partial charge on any atom is 0.292 e. The fourth-order valence-corrected chi connectivity index (χ4v) is 2.90. The lowest BCUT2D eigenvalue weighted by atomic mass is 10.2. The van der Waals surface area contributed by atoms with E-state index in [1.54, 1.807) is 38.1 Å². The van der Waals surface area contributed by atoms with Crippen molar-refractivity contribution in [2.24, 2.45) is 0 Å². The van der Waals surface area contributed by atoms with Gasteiger partial charge in [0.1, 0.15) is 11.4 Å². The number of anilines is 1. The molecule has 0 bridgehead atoms. The minimum absolute atomic E-state index is 0.0866. The van der Waals surface area contributed by atoms with Gasteiger partial charge in [0.2, 0.25) is 0 Å². The average molecular weight is 304 g/mol. The predicted octanol–water partition coefficient (Wildman–Crippen LogP) is 3.94. The third-order valence-electron chi connectivity index (χ3n) is 2.99. The number of para-hydroxylation sites is 1. The molecule has 6 heteroatoms. The minimum atomic E-state index is -0.386. The van der Waals surface area contributed by atoms with Gasteiger partial charge in [-0.3, -0.25) is 10.1 Å². The molecule has 0 aliphatic heterocycles. The zero-order valence-corrected chi connectivity index (χ0v) is 12.6. The third kappa shape index (κ3) is 3.66. The summed E-state index contributed by atoms with van der Waals surface area (Å²) in [6, 6.07) is 12.9. The number of nitrogens with zero attached hydrogens (tertiary/aromatic N) is 1. The van der Waals surface area contributed by atoms with Crippen LogP contribution in [-0.2, 0) is 5.75 Å². The highest BCUT2D eigenvalue weighted by molar-refractivity contribution is 7.98. The molecule has 0 atom stereocenters. The van der Waals surface area contributed by atoms with E-state index in [9.17, 15) is 10.1 Å². The summed E-state index contributed by atoms with van der Waals surface area (Å²) in [5.74, 6) is 1.55. The Morgan fingerprint density at radius 1 is 1.29 bits per heavy atom. The maximum atomic E-state index is 10.9. The molecular weight excluding hydrogens is 288 g/mol. The lowest BCUT2D eigenvalue weighted by Gasteiger charge is -2.09. The van der Waals surface area contributed by atoms with Crippen molar-refractivity contribution in [3.8, 4) is 5.75 Å². The summed E-state index contributed by atoms with van der Waals surface area (Å²) >= 11 is 1.64. The molecule has 2 rings (SSSR count). The van der Waals surface area contributed by atoms with Gasteiger partial charge in [-0.15, -0.1) is 11.8 Å². The van der Waals surface area contributed by atoms with Crippen LogP contribution < -0.4 is 10.1 Å². The number of thioether (sulfide) groups is 1. The summed E-state index contributed by atoms with van der Waals surface area (Å²) in [6.45, 7) is 0. The Hall–Kier alpha value is -2.21. The molecule has 21 heavy (non-hydrogen) atoms. The molecule has 110 valence electrons. The first-order chi connectivity index (χ1) is 10.2. The number of hydrogen-bond donors (Lipinski definition) is 1. The standard InChI is InChI=1S/C15H16N2O3S/c1-16-12-9-11(7-8-13(12)17(18)19)10-21-15-6-4-3-5-14(15)20-2/h3-9,16H,10H2,1-2H3. The second-order valence-corrected chi connectivity index (χ2v) is 5.32. The van der Waals surface area contributed by atoms with Gasteiger partial charge >= 0.3 is 0 Å². The number of hydrogen-bond acceptors (Lipinski definition) is 5. The van der Waals surface area contributed by atoms with E-state index in [1.165, 1.54) is 6.07 Å². The van der Waals surface area contributed by atoms with Gasteiger partial charge in [0.25, 0.3) is 5.69 Å². The molecule has 1 N–H and O–H groups in total. The van der Waals surface area contributed by atoms with Crippen molar-refractivity contribution in [2.45, 2.75) is 10.6 Å². The highest BCUT2D eigenvalue weighted by atomic mass is 32.2.